The van der Waals surface area contributed by atoms with Crippen molar-refractivity contribution in [3.8, 4) is 11.8 Å². The standard InChI is InChI=1S/C13H13N3O/c1-8-4-5-11(17-3)13-12(8)10(15-2)6-9(7-14)16-13/h4-6H,1-3H3,(H,15,16). The van der Waals surface area contributed by atoms with Crippen LogP contribution in [0.15, 0.2) is 18.2 Å². The van der Waals surface area contributed by atoms with Crippen molar-refractivity contribution in [2.75, 3.05) is 19.5 Å². The number of ether oxygens (including phenoxy) is 1. The van der Waals surface area contributed by atoms with Crippen LogP contribution in [0.2, 0.25) is 0 Å². The van der Waals surface area contributed by atoms with Crippen LogP contribution in [-0.4, -0.2) is 19.1 Å². The van der Waals surface area contributed by atoms with Crippen LogP contribution in [0.3, 0.4) is 0 Å². The number of hydrogen-bond acceptors (Lipinski definition) is 4. The van der Waals surface area contributed by atoms with Gasteiger partial charge in [0.05, 0.1) is 7.11 Å². The van der Waals surface area contributed by atoms with Crippen LogP contribution < -0.4 is 10.1 Å². The highest BCUT2D eigenvalue weighted by atomic mass is 16.5. The van der Waals surface area contributed by atoms with Crippen LogP contribution in [0, 0.1) is 18.3 Å². The molecule has 0 amide bonds. The van der Waals surface area contributed by atoms with Gasteiger partial charge in [0.15, 0.2) is 0 Å². The summed E-state index contributed by atoms with van der Waals surface area (Å²) >= 11 is 0. The summed E-state index contributed by atoms with van der Waals surface area (Å²) in [5.74, 6) is 0.680. The van der Waals surface area contributed by atoms with E-state index in [0.717, 1.165) is 22.2 Å². The smallest absolute Gasteiger partial charge is 0.145 e. The summed E-state index contributed by atoms with van der Waals surface area (Å²) in [6.07, 6.45) is 0. The van der Waals surface area contributed by atoms with Gasteiger partial charge in [-0.2, -0.15) is 5.26 Å². The van der Waals surface area contributed by atoms with Gasteiger partial charge in [0.1, 0.15) is 23.0 Å². The zero-order valence-electron chi connectivity index (χ0n) is 10.0. The fraction of sp³-hybridized carbons (Fsp3) is 0.231. The van der Waals surface area contributed by atoms with E-state index >= 15 is 0 Å². The minimum absolute atomic E-state index is 0.380. The number of nitrogens with zero attached hydrogens (tertiary/aromatic N) is 2. The lowest BCUT2D eigenvalue weighted by molar-refractivity contribution is 0.419. The predicted molar refractivity (Wildman–Crippen MR) is 67.3 cm³/mol. The molecule has 0 saturated heterocycles. The van der Waals surface area contributed by atoms with E-state index < -0.39 is 0 Å². The number of nitriles is 1. The van der Waals surface area contributed by atoms with Gasteiger partial charge in [0.2, 0.25) is 0 Å². The van der Waals surface area contributed by atoms with Crippen molar-refractivity contribution in [2.45, 2.75) is 6.92 Å². The van der Waals surface area contributed by atoms with Crippen LogP contribution in [0.1, 0.15) is 11.3 Å². The highest BCUT2D eigenvalue weighted by Crippen LogP contribution is 2.32. The molecule has 0 fully saturated rings. The van der Waals surface area contributed by atoms with Gasteiger partial charge >= 0.3 is 0 Å². The maximum absolute atomic E-state index is 8.97. The fourth-order valence-corrected chi connectivity index (χ4v) is 1.90. The van der Waals surface area contributed by atoms with Gasteiger partial charge in [-0.25, -0.2) is 4.98 Å². The van der Waals surface area contributed by atoms with Gasteiger partial charge < -0.3 is 10.1 Å². The zero-order chi connectivity index (χ0) is 12.4. The summed E-state index contributed by atoms with van der Waals surface area (Å²) in [5, 5.41) is 13.1. The van der Waals surface area contributed by atoms with E-state index in [1.54, 1.807) is 13.2 Å². The Hall–Kier alpha value is -2.28. The Morgan fingerprint density at radius 1 is 1.41 bits per heavy atom. The van der Waals surface area contributed by atoms with Crippen LogP contribution in [0.25, 0.3) is 10.9 Å². The Bertz CT molecular complexity index is 614. The molecule has 0 aliphatic heterocycles. The van der Waals surface area contributed by atoms with E-state index in [9.17, 15) is 0 Å². The number of fused-ring (bicyclic) bond motifs is 1. The summed E-state index contributed by atoms with van der Waals surface area (Å²) in [5.41, 5.74) is 3.09. The number of benzene rings is 1. The lowest BCUT2D eigenvalue weighted by atomic mass is 10.1. The molecule has 17 heavy (non-hydrogen) atoms. The average Bonchev–Trinajstić information content (AvgIpc) is 2.37. The van der Waals surface area contributed by atoms with Crippen molar-refractivity contribution in [3.05, 3.63) is 29.5 Å². The van der Waals surface area contributed by atoms with E-state index in [0.29, 0.717) is 11.4 Å². The molecule has 4 heteroatoms. The minimum atomic E-state index is 0.380. The Balaban J connectivity index is 2.93. The molecule has 0 radical (unpaired) electrons. The maximum atomic E-state index is 8.97. The van der Waals surface area contributed by atoms with E-state index in [4.69, 9.17) is 10.00 Å². The first-order valence-corrected chi connectivity index (χ1v) is 5.27. The van der Waals surface area contributed by atoms with E-state index in [-0.39, 0.29) is 0 Å². The largest absolute Gasteiger partial charge is 0.494 e. The van der Waals surface area contributed by atoms with Gasteiger partial charge in [-0.05, 0) is 24.6 Å². The molecular formula is C13H13N3O. The molecule has 0 spiro atoms. The quantitative estimate of drug-likeness (QED) is 0.856. The normalized spacial score (nSPS) is 10.0. The molecule has 0 aliphatic carbocycles. The van der Waals surface area contributed by atoms with E-state index in [2.05, 4.69) is 16.4 Å². The fourth-order valence-electron chi connectivity index (χ4n) is 1.90. The van der Waals surface area contributed by atoms with Crippen LogP contribution in [-0.2, 0) is 0 Å². The van der Waals surface area contributed by atoms with Gasteiger partial charge in [-0.15, -0.1) is 0 Å². The Labute approximate surface area is 99.8 Å². The molecule has 0 aliphatic rings. The second kappa shape index (κ2) is 4.30. The van der Waals surface area contributed by atoms with Gasteiger partial charge in [-0.1, -0.05) is 6.07 Å². The van der Waals surface area contributed by atoms with Crippen molar-refractivity contribution in [1.29, 1.82) is 5.26 Å². The summed E-state index contributed by atoms with van der Waals surface area (Å²) in [7, 11) is 3.43. The van der Waals surface area contributed by atoms with Gasteiger partial charge in [0, 0.05) is 18.1 Å². The molecule has 2 rings (SSSR count). The Morgan fingerprint density at radius 3 is 2.76 bits per heavy atom. The number of aryl methyl sites for hydroxylation is 1. The average molecular weight is 227 g/mol. The third-order valence-electron chi connectivity index (χ3n) is 2.74. The number of methoxy groups -OCH3 is 1. The van der Waals surface area contributed by atoms with Crippen molar-refractivity contribution in [3.63, 3.8) is 0 Å². The minimum Gasteiger partial charge on any atom is -0.494 e. The first kappa shape index (κ1) is 11.2. The molecule has 0 saturated carbocycles. The number of aromatic nitrogens is 1. The van der Waals surface area contributed by atoms with Crippen molar-refractivity contribution in [1.82, 2.24) is 4.98 Å². The third kappa shape index (κ3) is 1.76. The van der Waals surface area contributed by atoms with Crippen molar-refractivity contribution < 1.29 is 4.74 Å². The zero-order valence-corrected chi connectivity index (χ0v) is 10.0. The molecule has 1 aromatic carbocycles. The molecule has 0 atom stereocenters. The molecule has 86 valence electrons. The Morgan fingerprint density at radius 2 is 2.18 bits per heavy atom. The lowest BCUT2D eigenvalue weighted by Gasteiger charge is -2.11. The SMILES string of the molecule is CNc1cc(C#N)nc2c(OC)ccc(C)c12. The topological polar surface area (TPSA) is 57.9 Å². The summed E-state index contributed by atoms with van der Waals surface area (Å²) in [6.45, 7) is 2.01. The van der Waals surface area contributed by atoms with Gasteiger partial charge in [-0.3, -0.25) is 0 Å². The predicted octanol–water partition coefficient (Wildman–Crippen LogP) is 2.47. The van der Waals surface area contributed by atoms with E-state index in [1.165, 1.54) is 0 Å². The third-order valence-corrected chi connectivity index (χ3v) is 2.74. The van der Waals surface area contributed by atoms with Crippen molar-refractivity contribution in [2.24, 2.45) is 0 Å². The molecule has 1 N–H and O–H groups in total. The van der Waals surface area contributed by atoms with Crippen LogP contribution >= 0.6 is 0 Å². The number of rotatable bonds is 2. The van der Waals surface area contributed by atoms with E-state index in [1.807, 2.05) is 26.1 Å². The number of pyridine rings is 1. The second-order valence-corrected chi connectivity index (χ2v) is 3.73. The molecule has 1 heterocycles. The first-order valence-electron chi connectivity index (χ1n) is 5.27. The molecule has 1 aromatic heterocycles. The lowest BCUT2D eigenvalue weighted by Crippen LogP contribution is -1.97. The number of nitrogens with one attached hydrogen (secondary N) is 1. The monoisotopic (exact) mass is 227 g/mol. The molecule has 0 bridgehead atoms. The van der Waals surface area contributed by atoms with Crippen molar-refractivity contribution >= 4 is 16.6 Å². The second-order valence-electron chi connectivity index (χ2n) is 3.73. The molecule has 0 unspecified atom stereocenters. The van der Waals surface area contributed by atoms with Crippen LogP contribution in [0.5, 0.6) is 5.75 Å². The molecular weight excluding hydrogens is 214 g/mol. The van der Waals surface area contributed by atoms with Crippen LogP contribution in [0.4, 0.5) is 5.69 Å². The van der Waals surface area contributed by atoms with Gasteiger partial charge in [0.25, 0.3) is 0 Å². The maximum Gasteiger partial charge on any atom is 0.145 e. The summed E-state index contributed by atoms with van der Waals surface area (Å²) in [4.78, 5) is 4.31. The first-order chi connectivity index (χ1) is 8.21. The molecule has 2 aromatic rings. The number of anilines is 1. The Kier molecular flexibility index (Phi) is 2.84. The molecule has 4 nitrogen and oxygen atoms in total. The highest BCUT2D eigenvalue weighted by Gasteiger charge is 2.11. The highest BCUT2D eigenvalue weighted by molar-refractivity contribution is 5.97. The summed E-state index contributed by atoms with van der Waals surface area (Å²) < 4.78 is 5.28. The number of hydrogen-bond donors (Lipinski definition) is 1. The summed E-state index contributed by atoms with van der Waals surface area (Å²) in [6, 6.07) is 7.65.